The van der Waals surface area contributed by atoms with Crippen LogP contribution in [0.5, 0.6) is 0 Å². The van der Waals surface area contributed by atoms with Crippen molar-refractivity contribution in [3.8, 4) is 0 Å². The molecule has 0 aromatic carbocycles. The van der Waals surface area contributed by atoms with Crippen LogP contribution in [0.4, 0.5) is 0 Å². The Bertz CT molecular complexity index is 490. The Balaban J connectivity index is 3.25. The van der Waals surface area contributed by atoms with Crippen molar-refractivity contribution in [2.75, 3.05) is 0 Å². The minimum absolute atomic E-state index is 0.321. The molecule has 21 heavy (non-hydrogen) atoms. The van der Waals surface area contributed by atoms with Crippen molar-refractivity contribution in [2.45, 2.75) is 78.4 Å². The van der Waals surface area contributed by atoms with E-state index in [0.717, 1.165) is 12.8 Å². The van der Waals surface area contributed by atoms with Crippen molar-refractivity contribution >= 4 is 19.1 Å². The van der Waals surface area contributed by atoms with Crippen LogP contribution in [-0.2, 0) is 7.05 Å². The summed E-state index contributed by atoms with van der Waals surface area (Å²) >= 11 is 0. The Morgan fingerprint density at radius 2 is 1.86 bits per heavy atom. The molecule has 0 aliphatic rings. The van der Waals surface area contributed by atoms with Gasteiger partial charge < -0.3 is 4.57 Å². The average Bonchev–Trinajstić information content (AvgIpc) is 2.75. The maximum atomic E-state index is 4.85. The first kappa shape index (κ1) is 18.2. The smallest absolute Gasteiger partial charge is 0.131 e. The molecule has 0 amide bonds. The second-order valence-electron chi connectivity index (χ2n) is 7.67. The first-order chi connectivity index (χ1) is 9.66. The van der Waals surface area contributed by atoms with Crippen LogP contribution in [0.2, 0.25) is 18.1 Å². The van der Waals surface area contributed by atoms with Crippen molar-refractivity contribution in [2.24, 2.45) is 7.05 Å². The SMILES string of the molecule is CCC/C=C(\CCC)c1cnc([Si](C)(C)C(C)(C)C)n1C. The fourth-order valence-corrected chi connectivity index (χ4v) is 4.56. The summed E-state index contributed by atoms with van der Waals surface area (Å²) in [5.41, 5.74) is 4.12. The Morgan fingerprint density at radius 3 is 2.33 bits per heavy atom. The zero-order valence-corrected chi connectivity index (χ0v) is 16.4. The molecule has 1 aromatic rings. The van der Waals surface area contributed by atoms with E-state index in [1.165, 1.54) is 29.6 Å². The minimum Gasteiger partial charge on any atom is -0.336 e. The van der Waals surface area contributed by atoms with Gasteiger partial charge in [-0.05, 0) is 23.5 Å². The predicted octanol–water partition coefficient (Wildman–Crippen LogP) is 5.12. The summed E-state index contributed by atoms with van der Waals surface area (Å²) in [7, 11) is 0.622. The van der Waals surface area contributed by atoms with Crippen LogP contribution in [-0.4, -0.2) is 17.6 Å². The van der Waals surface area contributed by atoms with Gasteiger partial charge in [0.1, 0.15) is 8.07 Å². The third-order valence-electron chi connectivity index (χ3n) is 4.95. The number of nitrogens with zero attached hydrogens (tertiary/aromatic N) is 2. The Kier molecular flexibility index (Phi) is 6.03. The highest BCUT2D eigenvalue weighted by Gasteiger charge is 2.40. The first-order valence-electron chi connectivity index (χ1n) is 8.38. The molecule has 120 valence electrons. The van der Waals surface area contributed by atoms with Gasteiger partial charge in [-0.1, -0.05) is 66.6 Å². The van der Waals surface area contributed by atoms with Crippen LogP contribution in [0.15, 0.2) is 12.3 Å². The number of rotatable bonds is 6. The normalized spacial score (nSPS) is 13.8. The van der Waals surface area contributed by atoms with Gasteiger partial charge in [0.25, 0.3) is 0 Å². The van der Waals surface area contributed by atoms with Gasteiger partial charge in [0.2, 0.25) is 0 Å². The van der Waals surface area contributed by atoms with Gasteiger partial charge in [0.15, 0.2) is 0 Å². The summed E-state index contributed by atoms with van der Waals surface area (Å²) in [5, 5.41) is 0.321. The van der Waals surface area contributed by atoms with E-state index in [1.54, 1.807) is 0 Å². The molecule has 0 aliphatic heterocycles. The van der Waals surface area contributed by atoms with Crippen LogP contribution in [0.1, 0.15) is 66.0 Å². The lowest BCUT2D eigenvalue weighted by molar-refractivity contribution is 0.722. The van der Waals surface area contributed by atoms with E-state index in [0.29, 0.717) is 5.04 Å². The third kappa shape index (κ3) is 3.88. The lowest BCUT2D eigenvalue weighted by Gasteiger charge is -2.36. The molecule has 0 saturated heterocycles. The van der Waals surface area contributed by atoms with Gasteiger partial charge in [-0.25, -0.2) is 4.98 Å². The second kappa shape index (κ2) is 6.95. The summed E-state index contributed by atoms with van der Waals surface area (Å²) in [4.78, 5) is 4.85. The lowest BCUT2D eigenvalue weighted by atomic mass is 10.1. The highest BCUT2D eigenvalue weighted by molar-refractivity contribution is 6.91. The number of unbranched alkanes of at least 4 members (excludes halogenated alkanes) is 1. The summed E-state index contributed by atoms with van der Waals surface area (Å²) in [6, 6.07) is 0. The highest BCUT2D eigenvalue weighted by Crippen LogP contribution is 2.35. The zero-order chi connectivity index (χ0) is 16.3. The van der Waals surface area contributed by atoms with Gasteiger partial charge in [-0.15, -0.1) is 0 Å². The van der Waals surface area contributed by atoms with Gasteiger partial charge in [0, 0.05) is 7.05 Å². The summed E-state index contributed by atoms with van der Waals surface area (Å²) < 4.78 is 2.37. The average molecular weight is 307 g/mol. The maximum Gasteiger partial charge on any atom is 0.131 e. The number of allylic oxidation sites excluding steroid dienone is 2. The Morgan fingerprint density at radius 1 is 1.24 bits per heavy atom. The van der Waals surface area contributed by atoms with Gasteiger partial charge in [-0.3, -0.25) is 0 Å². The number of imidazole rings is 1. The highest BCUT2D eigenvalue weighted by atomic mass is 28.3. The van der Waals surface area contributed by atoms with Crippen molar-refractivity contribution in [3.63, 3.8) is 0 Å². The molecule has 0 saturated carbocycles. The third-order valence-corrected chi connectivity index (χ3v) is 10.3. The first-order valence-corrected chi connectivity index (χ1v) is 11.4. The van der Waals surface area contributed by atoms with E-state index in [1.807, 2.05) is 0 Å². The van der Waals surface area contributed by atoms with Gasteiger partial charge >= 0.3 is 0 Å². The molecular weight excluding hydrogens is 272 g/mol. The van der Waals surface area contributed by atoms with Crippen LogP contribution >= 0.6 is 0 Å². The molecule has 0 bridgehead atoms. The van der Waals surface area contributed by atoms with E-state index in [9.17, 15) is 0 Å². The topological polar surface area (TPSA) is 17.8 Å². The van der Waals surface area contributed by atoms with Crippen molar-refractivity contribution < 1.29 is 0 Å². The second-order valence-corrected chi connectivity index (χ2v) is 12.9. The molecular formula is C18H34N2Si. The largest absolute Gasteiger partial charge is 0.336 e. The van der Waals surface area contributed by atoms with E-state index < -0.39 is 8.07 Å². The van der Waals surface area contributed by atoms with Crippen molar-refractivity contribution in [3.05, 3.63) is 18.0 Å². The molecule has 0 fully saturated rings. The molecule has 1 heterocycles. The molecule has 0 atom stereocenters. The molecule has 3 heteroatoms. The van der Waals surface area contributed by atoms with E-state index in [4.69, 9.17) is 4.98 Å². The molecule has 2 nitrogen and oxygen atoms in total. The quantitative estimate of drug-likeness (QED) is 0.667. The zero-order valence-electron chi connectivity index (χ0n) is 15.4. The molecule has 0 radical (unpaired) electrons. The molecule has 1 aromatic heterocycles. The van der Waals surface area contributed by atoms with E-state index in [-0.39, 0.29) is 0 Å². The van der Waals surface area contributed by atoms with Gasteiger partial charge in [-0.2, -0.15) is 0 Å². The van der Waals surface area contributed by atoms with Crippen molar-refractivity contribution in [1.82, 2.24) is 9.55 Å². The number of hydrogen-bond donors (Lipinski definition) is 0. The maximum absolute atomic E-state index is 4.85. The standard InChI is InChI=1S/C18H34N2Si/c1-9-11-13-15(12-10-2)16-14-19-17(20(16)6)21(7,8)18(3,4)5/h13-14H,9-12H2,1-8H3/b15-13+. The molecule has 0 aliphatic carbocycles. The fourth-order valence-electron chi connectivity index (χ4n) is 2.55. The molecule has 0 N–H and O–H groups in total. The molecule has 0 spiro atoms. The summed E-state index contributed by atoms with van der Waals surface area (Å²) in [5.74, 6) is 0. The monoisotopic (exact) mass is 306 g/mol. The molecule has 0 unspecified atom stereocenters. The lowest BCUT2D eigenvalue weighted by Crippen LogP contribution is -2.53. The minimum atomic E-state index is -1.58. The number of aromatic nitrogens is 2. The Labute approximate surface area is 132 Å². The predicted molar refractivity (Wildman–Crippen MR) is 97.8 cm³/mol. The van der Waals surface area contributed by atoms with Crippen LogP contribution in [0.25, 0.3) is 5.57 Å². The number of hydrogen-bond acceptors (Lipinski definition) is 1. The van der Waals surface area contributed by atoms with Crippen LogP contribution in [0, 0.1) is 0 Å². The van der Waals surface area contributed by atoms with E-state index >= 15 is 0 Å². The fraction of sp³-hybridized carbons (Fsp3) is 0.722. The Hall–Kier alpha value is -0.833. The van der Waals surface area contributed by atoms with Crippen LogP contribution in [0.3, 0.4) is 0 Å². The van der Waals surface area contributed by atoms with Crippen LogP contribution < -0.4 is 5.45 Å². The summed E-state index contributed by atoms with van der Waals surface area (Å²) in [6.45, 7) is 16.4. The van der Waals surface area contributed by atoms with Crippen molar-refractivity contribution in [1.29, 1.82) is 0 Å². The molecule has 1 rings (SSSR count). The van der Waals surface area contributed by atoms with Gasteiger partial charge in [0.05, 0.1) is 17.3 Å². The summed E-state index contributed by atoms with van der Waals surface area (Å²) in [6.07, 6.45) is 9.23. The van der Waals surface area contributed by atoms with E-state index in [2.05, 4.69) is 71.6 Å².